The number of hydrogen-bond acceptors (Lipinski definition) is 2. The molecule has 0 saturated carbocycles. The molecule has 0 spiro atoms. The number of hydrogen-bond donors (Lipinski definition) is 1. The third kappa shape index (κ3) is 4.29. The van der Waals surface area contributed by atoms with E-state index in [2.05, 4.69) is 23.4 Å². The summed E-state index contributed by atoms with van der Waals surface area (Å²) in [5.74, 6) is -0.300. The molecule has 0 radical (unpaired) electrons. The van der Waals surface area contributed by atoms with Crippen LogP contribution in [0.15, 0.2) is 24.3 Å². The summed E-state index contributed by atoms with van der Waals surface area (Å²) in [4.78, 5) is 0. The summed E-state index contributed by atoms with van der Waals surface area (Å²) >= 11 is 6.13. The molecule has 0 fully saturated rings. The lowest BCUT2D eigenvalue weighted by molar-refractivity contribution is 0.504. The Bertz CT molecular complexity index is 610. The van der Waals surface area contributed by atoms with Crippen molar-refractivity contribution in [2.75, 3.05) is 6.54 Å². The molecule has 1 N–H and O–H groups in total. The van der Waals surface area contributed by atoms with Gasteiger partial charge in [0.15, 0.2) is 0 Å². The van der Waals surface area contributed by atoms with Gasteiger partial charge in [-0.3, -0.25) is 4.68 Å². The maximum Gasteiger partial charge on any atom is 0.124 e. The van der Waals surface area contributed by atoms with Gasteiger partial charge in [-0.15, -0.1) is 0 Å². The van der Waals surface area contributed by atoms with Crippen LogP contribution in [0, 0.1) is 12.7 Å². The van der Waals surface area contributed by atoms with E-state index in [1.165, 1.54) is 17.8 Å². The molecular formula is C16H21ClFN3. The minimum atomic E-state index is -0.300. The summed E-state index contributed by atoms with van der Waals surface area (Å²) in [6, 6.07) is 6.92. The third-order valence-corrected chi connectivity index (χ3v) is 3.88. The van der Waals surface area contributed by atoms with Crippen LogP contribution in [0.1, 0.15) is 23.9 Å². The number of halogens is 2. The molecule has 0 aliphatic carbocycles. The van der Waals surface area contributed by atoms with Crippen molar-refractivity contribution in [3.05, 3.63) is 52.1 Å². The van der Waals surface area contributed by atoms with E-state index in [-0.39, 0.29) is 11.9 Å². The van der Waals surface area contributed by atoms with Crippen LogP contribution < -0.4 is 5.32 Å². The van der Waals surface area contributed by atoms with Gasteiger partial charge < -0.3 is 5.32 Å². The van der Waals surface area contributed by atoms with Crippen LogP contribution in [0.25, 0.3) is 0 Å². The fraction of sp³-hybridized carbons (Fsp3) is 0.438. The molecule has 2 rings (SSSR count). The first kappa shape index (κ1) is 16.0. The number of rotatable bonds is 6. The lowest BCUT2D eigenvalue weighted by Gasteiger charge is -2.18. The summed E-state index contributed by atoms with van der Waals surface area (Å²) in [5, 5.41) is 8.32. The zero-order valence-electron chi connectivity index (χ0n) is 12.7. The van der Waals surface area contributed by atoms with E-state index < -0.39 is 0 Å². The molecule has 0 amide bonds. The van der Waals surface area contributed by atoms with E-state index in [1.54, 1.807) is 6.07 Å². The first-order chi connectivity index (χ1) is 9.99. The largest absolute Gasteiger partial charge is 0.314 e. The normalized spacial score (nSPS) is 12.6. The monoisotopic (exact) mass is 309 g/mol. The molecule has 0 aliphatic heterocycles. The Kier molecular flexibility index (Phi) is 5.37. The highest BCUT2D eigenvalue weighted by Gasteiger charge is 2.14. The zero-order valence-corrected chi connectivity index (χ0v) is 13.4. The number of benzene rings is 1. The minimum absolute atomic E-state index is 0.243. The predicted octanol–water partition coefficient (Wildman–Crippen LogP) is 3.28. The Morgan fingerprint density at radius 2 is 2.10 bits per heavy atom. The smallest absolute Gasteiger partial charge is 0.124 e. The molecule has 1 heterocycles. The van der Waals surface area contributed by atoms with Crippen molar-refractivity contribution in [2.24, 2.45) is 7.05 Å². The molecule has 1 unspecified atom stereocenters. The highest BCUT2D eigenvalue weighted by molar-refractivity contribution is 6.31. The standard InChI is InChI=1S/C16H21ClFN3/c1-4-19-14(10-15-7-11(2)20-21(15)3)8-12-5-6-13(18)9-16(12)17/h5-7,9,14,19H,4,8,10H2,1-3H3. The van der Waals surface area contributed by atoms with Gasteiger partial charge in [0.2, 0.25) is 0 Å². The summed E-state index contributed by atoms with van der Waals surface area (Å²) in [6.45, 7) is 4.94. The number of nitrogens with one attached hydrogen (secondary N) is 1. The van der Waals surface area contributed by atoms with Crippen molar-refractivity contribution in [1.82, 2.24) is 15.1 Å². The van der Waals surface area contributed by atoms with Crippen molar-refractivity contribution >= 4 is 11.6 Å². The zero-order chi connectivity index (χ0) is 15.4. The van der Waals surface area contributed by atoms with Crippen molar-refractivity contribution in [2.45, 2.75) is 32.7 Å². The van der Waals surface area contributed by atoms with Crippen LogP contribution in [-0.4, -0.2) is 22.4 Å². The number of aryl methyl sites for hydroxylation is 2. The van der Waals surface area contributed by atoms with Crippen molar-refractivity contribution in [1.29, 1.82) is 0 Å². The SMILES string of the molecule is CCNC(Cc1ccc(F)cc1Cl)Cc1cc(C)nn1C. The molecule has 3 nitrogen and oxygen atoms in total. The van der Waals surface area contributed by atoms with Gasteiger partial charge in [-0.05, 0) is 43.7 Å². The van der Waals surface area contributed by atoms with Crippen LogP contribution >= 0.6 is 11.6 Å². The fourth-order valence-electron chi connectivity index (χ4n) is 2.57. The van der Waals surface area contributed by atoms with Crippen molar-refractivity contribution in [3.63, 3.8) is 0 Å². The molecule has 5 heteroatoms. The summed E-state index contributed by atoms with van der Waals surface area (Å²) in [6.07, 6.45) is 1.62. The molecule has 1 aromatic heterocycles. The Morgan fingerprint density at radius 1 is 1.33 bits per heavy atom. The Morgan fingerprint density at radius 3 is 2.67 bits per heavy atom. The highest BCUT2D eigenvalue weighted by Crippen LogP contribution is 2.20. The summed E-state index contributed by atoms with van der Waals surface area (Å²) in [7, 11) is 1.95. The average Bonchev–Trinajstić information content (AvgIpc) is 2.71. The van der Waals surface area contributed by atoms with E-state index in [9.17, 15) is 4.39 Å². The van der Waals surface area contributed by atoms with E-state index in [1.807, 2.05) is 18.7 Å². The number of nitrogens with zero attached hydrogens (tertiary/aromatic N) is 2. The lowest BCUT2D eigenvalue weighted by atomic mass is 10.0. The van der Waals surface area contributed by atoms with Crippen LogP contribution in [-0.2, 0) is 19.9 Å². The van der Waals surface area contributed by atoms with E-state index >= 15 is 0 Å². The third-order valence-electron chi connectivity index (χ3n) is 3.53. The van der Waals surface area contributed by atoms with Gasteiger partial charge in [-0.1, -0.05) is 24.6 Å². The lowest BCUT2D eigenvalue weighted by Crippen LogP contribution is -2.33. The van der Waals surface area contributed by atoms with Crippen LogP contribution in [0.2, 0.25) is 5.02 Å². The molecule has 0 bridgehead atoms. The molecule has 2 aromatic rings. The van der Waals surface area contributed by atoms with Crippen LogP contribution in [0.4, 0.5) is 4.39 Å². The van der Waals surface area contributed by atoms with Gasteiger partial charge in [0.05, 0.1) is 5.69 Å². The molecule has 0 aliphatic rings. The average molecular weight is 310 g/mol. The second kappa shape index (κ2) is 7.05. The first-order valence-corrected chi connectivity index (χ1v) is 7.54. The molecule has 114 valence electrons. The quantitative estimate of drug-likeness (QED) is 0.887. The maximum atomic E-state index is 13.1. The van der Waals surface area contributed by atoms with E-state index in [0.717, 1.165) is 30.6 Å². The maximum absolute atomic E-state index is 13.1. The second-order valence-electron chi connectivity index (χ2n) is 5.30. The molecule has 21 heavy (non-hydrogen) atoms. The molecule has 1 atom stereocenters. The summed E-state index contributed by atoms with van der Waals surface area (Å²) in [5.41, 5.74) is 3.15. The highest BCUT2D eigenvalue weighted by atomic mass is 35.5. The van der Waals surface area contributed by atoms with Crippen molar-refractivity contribution in [3.8, 4) is 0 Å². The van der Waals surface area contributed by atoms with Gasteiger partial charge >= 0.3 is 0 Å². The molecule has 1 aromatic carbocycles. The molecular weight excluding hydrogens is 289 g/mol. The second-order valence-corrected chi connectivity index (χ2v) is 5.71. The van der Waals surface area contributed by atoms with Gasteiger partial charge in [0.25, 0.3) is 0 Å². The van der Waals surface area contributed by atoms with E-state index in [4.69, 9.17) is 11.6 Å². The summed E-state index contributed by atoms with van der Waals surface area (Å²) < 4.78 is 15.0. The van der Waals surface area contributed by atoms with Crippen LogP contribution in [0.5, 0.6) is 0 Å². The van der Waals surface area contributed by atoms with Crippen LogP contribution in [0.3, 0.4) is 0 Å². The first-order valence-electron chi connectivity index (χ1n) is 7.16. The number of aromatic nitrogens is 2. The van der Waals surface area contributed by atoms with Gasteiger partial charge in [0, 0.05) is 30.2 Å². The molecule has 0 saturated heterocycles. The topological polar surface area (TPSA) is 29.9 Å². The van der Waals surface area contributed by atoms with Crippen molar-refractivity contribution < 1.29 is 4.39 Å². The van der Waals surface area contributed by atoms with Gasteiger partial charge in [0.1, 0.15) is 5.82 Å². The van der Waals surface area contributed by atoms with Gasteiger partial charge in [-0.25, -0.2) is 4.39 Å². The minimum Gasteiger partial charge on any atom is -0.314 e. The Hall–Kier alpha value is -1.39. The van der Waals surface area contributed by atoms with Gasteiger partial charge in [-0.2, -0.15) is 5.10 Å². The van der Waals surface area contributed by atoms with E-state index in [0.29, 0.717) is 5.02 Å². The predicted molar refractivity (Wildman–Crippen MR) is 84.2 cm³/mol. The number of likely N-dealkylation sites (N-methyl/N-ethyl adjacent to an activating group) is 1. The fourth-order valence-corrected chi connectivity index (χ4v) is 2.81. The Balaban J connectivity index is 2.13. The Labute approximate surface area is 130 Å².